The van der Waals surface area contributed by atoms with Gasteiger partial charge < -0.3 is 14.8 Å². The first-order valence-corrected chi connectivity index (χ1v) is 11.4. The molecule has 9 heteroatoms. The van der Waals surface area contributed by atoms with Gasteiger partial charge in [-0.05, 0) is 38.0 Å². The number of aromatic amines is 1. The quantitative estimate of drug-likeness (QED) is 0.679. The number of hydrogen-bond donors (Lipinski definition) is 2. The summed E-state index contributed by atoms with van der Waals surface area (Å²) in [5, 5.41) is 13.4. The number of ether oxygens (including phenoxy) is 2. The minimum atomic E-state index is -0.262. The Kier molecular flexibility index (Phi) is 6.19. The first-order chi connectivity index (χ1) is 14.5. The van der Waals surface area contributed by atoms with Gasteiger partial charge in [-0.15, -0.1) is 11.3 Å². The molecule has 2 N–H and O–H groups in total. The molecule has 2 aliphatic heterocycles. The van der Waals surface area contributed by atoms with Crippen molar-refractivity contribution in [2.45, 2.75) is 58.5 Å². The van der Waals surface area contributed by atoms with Crippen molar-refractivity contribution in [2.75, 3.05) is 19.8 Å². The van der Waals surface area contributed by atoms with Gasteiger partial charge in [0.1, 0.15) is 0 Å². The van der Waals surface area contributed by atoms with Crippen LogP contribution in [0.5, 0.6) is 0 Å². The second kappa shape index (κ2) is 8.85. The Balaban J connectivity index is 1.32. The fourth-order valence-electron chi connectivity index (χ4n) is 4.45. The zero-order chi connectivity index (χ0) is 21.1. The molecule has 2 unspecified atom stereocenters. The molecular formula is C21H28N4O4S. The number of carbonyl (C=O) groups excluding carboxylic acids is 2. The monoisotopic (exact) mass is 432 g/mol. The maximum atomic E-state index is 12.6. The molecule has 2 atom stereocenters. The van der Waals surface area contributed by atoms with Crippen LogP contribution >= 0.6 is 11.3 Å². The molecule has 162 valence electrons. The summed E-state index contributed by atoms with van der Waals surface area (Å²) in [4.78, 5) is 28.9. The Morgan fingerprint density at radius 1 is 1.47 bits per heavy atom. The smallest absolute Gasteiger partial charge is 0.311 e. The summed E-state index contributed by atoms with van der Waals surface area (Å²) in [5.74, 6) is -0.302. The second-order valence-corrected chi connectivity index (χ2v) is 9.29. The van der Waals surface area contributed by atoms with E-state index in [2.05, 4.69) is 20.5 Å². The molecular weight excluding hydrogens is 404 g/mol. The molecule has 0 aromatic carbocycles. The molecule has 2 aromatic rings. The third kappa shape index (κ3) is 4.57. The molecule has 2 aromatic heterocycles. The molecule has 0 aliphatic carbocycles. The predicted octanol–water partition coefficient (Wildman–Crippen LogP) is 2.36. The molecule has 0 bridgehead atoms. The van der Waals surface area contributed by atoms with Crippen molar-refractivity contribution < 1.29 is 19.1 Å². The largest absolute Gasteiger partial charge is 0.465 e. The SMILES string of the molecule is CCc1n[nH]c2c1C(=O)NCC1(CCOC(CCOC(=O)Cc3csc(C)n3)C1)C2. The van der Waals surface area contributed by atoms with Crippen LogP contribution in [-0.4, -0.2) is 52.9 Å². The Morgan fingerprint density at radius 2 is 2.33 bits per heavy atom. The van der Waals surface area contributed by atoms with Crippen LogP contribution in [0, 0.1) is 12.3 Å². The normalized spacial score (nSPS) is 23.7. The van der Waals surface area contributed by atoms with Gasteiger partial charge in [0.15, 0.2) is 0 Å². The maximum Gasteiger partial charge on any atom is 0.311 e. The van der Waals surface area contributed by atoms with Crippen LogP contribution in [0.2, 0.25) is 0 Å². The summed E-state index contributed by atoms with van der Waals surface area (Å²) >= 11 is 1.53. The van der Waals surface area contributed by atoms with Crippen molar-refractivity contribution in [2.24, 2.45) is 5.41 Å². The van der Waals surface area contributed by atoms with Crippen LogP contribution in [0.15, 0.2) is 5.38 Å². The van der Waals surface area contributed by atoms with E-state index in [0.29, 0.717) is 31.7 Å². The van der Waals surface area contributed by atoms with Gasteiger partial charge in [0.2, 0.25) is 0 Å². The van der Waals surface area contributed by atoms with Gasteiger partial charge in [0.05, 0.1) is 41.1 Å². The number of carbonyl (C=O) groups is 2. The number of fused-ring (bicyclic) bond motifs is 1. The highest BCUT2D eigenvalue weighted by atomic mass is 32.1. The lowest BCUT2D eigenvalue weighted by molar-refractivity contribution is -0.144. The van der Waals surface area contributed by atoms with Gasteiger partial charge in [-0.2, -0.15) is 5.10 Å². The molecule has 30 heavy (non-hydrogen) atoms. The number of amides is 1. The Morgan fingerprint density at radius 3 is 3.10 bits per heavy atom. The van der Waals surface area contributed by atoms with Gasteiger partial charge >= 0.3 is 5.97 Å². The zero-order valence-electron chi connectivity index (χ0n) is 17.5. The topological polar surface area (TPSA) is 106 Å². The standard InChI is InChI=1S/C21H28N4O4S/c1-3-16-19-17(25-24-16)10-21(12-22-20(19)27)5-7-28-15(9-21)4-6-29-18(26)8-14-11-30-13(2)23-14/h11,15H,3-10,12H2,1-2H3,(H,22,27)(H,24,25). The van der Waals surface area contributed by atoms with Crippen LogP contribution in [0.3, 0.4) is 0 Å². The van der Waals surface area contributed by atoms with Crippen LogP contribution in [-0.2, 0) is 33.5 Å². The lowest BCUT2D eigenvalue weighted by Crippen LogP contribution is -2.44. The molecule has 0 radical (unpaired) electrons. The molecule has 0 saturated carbocycles. The molecule has 4 rings (SSSR count). The summed E-state index contributed by atoms with van der Waals surface area (Å²) in [6.45, 7) is 5.51. The van der Waals surface area contributed by atoms with E-state index in [-0.39, 0.29) is 29.8 Å². The number of H-pyrrole nitrogens is 1. The Bertz CT molecular complexity index is 924. The lowest BCUT2D eigenvalue weighted by atomic mass is 9.74. The van der Waals surface area contributed by atoms with E-state index >= 15 is 0 Å². The summed E-state index contributed by atoms with van der Waals surface area (Å²) in [7, 11) is 0. The predicted molar refractivity (Wildman–Crippen MR) is 112 cm³/mol. The van der Waals surface area contributed by atoms with Crippen molar-refractivity contribution in [3.05, 3.63) is 33.0 Å². The number of aromatic nitrogens is 3. The molecule has 1 fully saturated rings. The molecule has 1 saturated heterocycles. The van der Waals surface area contributed by atoms with Crippen LogP contribution in [0.1, 0.15) is 58.6 Å². The fraction of sp³-hybridized carbons (Fsp3) is 0.619. The van der Waals surface area contributed by atoms with Gasteiger partial charge in [0, 0.05) is 30.6 Å². The lowest BCUT2D eigenvalue weighted by Gasteiger charge is -2.40. The highest BCUT2D eigenvalue weighted by molar-refractivity contribution is 7.09. The van der Waals surface area contributed by atoms with Crippen molar-refractivity contribution in [1.29, 1.82) is 0 Å². The molecule has 1 spiro atoms. The number of nitrogens with one attached hydrogen (secondary N) is 2. The van der Waals surface area contributed by atoms with Crippen LogP contribution in [0.25, 0.3) is 0 Å². The second-order valence-electron chi connectivity index (χ2n) is 8.23. The number of aryl methyl sites for hydroxylation is 2. The van der Waals surface area contributed by atoms with Gasteiger partial charge in [-0.25, -0.2) is 4.98 Å². The van der Waals surface area contributed by atoms with Crippen molar-refractivity contribution >= 4 is 23.2 Å². The number of nitrogens with zero attached hydrogens (tertiary/aromatic N) is 2. The number of hydrogen-bond acceptors (Lipinski definition) is 7. The highest BCUT2D eigenvalue weighted by Crippen LogP contribution is 2.39. The van der Waals surface area contributed by atoms with Gasteiger partial charge in [0.25, 0.3) is 5.91 Å². The van der Waals surface area contributed by atoms with E-state index in [1.165, 1.54) is 11.3 Å². The van der Waals surface area contributed by atoms with E-state index in [1.807, 2.05) is 19.2 Å². The van der Waals surface area contributed by atoms with Gasteiger partial charge in [-0.3, -0.25) is 14.7 Å². The first-order valence-electron chi connectivity index (χ1n) is 10.5. The number of thiazole rings is 1. The average Bonchev–Trinajstić information content (AvgIpc) is 3.28. The molecule has 8 nitrogen and oxygen atoms in total. The number of rotatable bonds is 6. The first kappa shape index (κ1) is 21.0. The number of esters is 1. The van der Waals surface area contributed by atoms with Crippen molar-refractivity contribution in [1.82, 2.24) is 20.5 Å². The van der Waals surface area contributed by atoms with E-state index in [1.54, 1.807) is 0 Å². The van der Waals surface area contributed by atoms with Crippen LogP contribution in [0.4, 0.5) is 0 Å². The molecule has 1 amide bonds. The van der Waals surface area contributed by atoms with E-state index in [9.17, 15) is 9.59 Å². The summed E-state index contributed by atoms with van der Waals surface area (Å²) in [6.07, 6.45) is 4.05. The zero-order valence-corrected chi connectivity index (χ0v) is 18.3. The van der Waals surface area contributed by atoms with Crippen molar-refractivity contribution in [3.63, 3.8) is 0 Å². The van der Waals surface area contributed by atoms with Gasteiger partial charge in [-0.1, -0.05) is 6.92 Å². The average molecular weight is 433 g/mol. The van der Waals surface area contributed by atoms with E-state index in [4.69, 9.17) is 9.47 Å². The minimum Gasteiger partial charge on any atom is -0.465 e. The Hall–Kier alpha value is -2.26. The molecule has 2 aliphatic rings. The third-order valence-electron chi connectivity index (χ3n) is 6.00. The summed E-state index contributed by atoms with van der Waals surface area (Å²) in [5.41, 5.74) is 3.15. The van der Waals surface area contributed by atoms with Crippen LogP contribution < -0.4 is 5.32 Å². The summed E-state index contributed by atoms with van der Waals surface area (Å²) in [6, 6.07) is 0. The third-order valence-corrected chi connectivity index (χ3v) is 6.82. The van der Waals surface area contributed by atoms with E-state index < -0.39 is 0 Å². The summed E-state index contributed by atoms with van der Waals surface area (Å²) < 4.78 is 11.4. The van der Waals surface area contributed by atoms with E-state index in [0.717, 1.165) is 47.8 Å². The highest BCUT2D eigenvalue weighted by Gasteiger charge is 2.41. The Labute approximate surface area is 179 Å². The molecule has 4 heterocycles. The fourth-order valence-corrected chi connectivity index (χ4v) is 5.06. The van der Waals surface area contributed by atoms with Crippen molar-refractivity contribution in [3.8, 4) is 0 Å². The maximum absolute atomic E-state index is 12.6. The minimum absolute atomic E-state index is 0.0000796.